The zero-order valence-corrected chi connectivity index (χ0v) is 20.0. The molecule has 0 spiro atoms. The summed E-state index contributed by atoms with van der Waals surface area (Å²) in [6.45, 7) is 40.0. The van der Waals surface area contributed by atoms with Gasteiger partial charge in [0.2, 0.25) is 0 Å². The lowest BCUT2D eigenvalue weighted by atomic mass is 11.0. The van der Waals surface area contributed by atoms with Gasteiger partial charge in [0, 0.05) is 0 Å². The lowest BCUT2D eigenvalue weighted by Gasteiger charge is -1.07. The van der Waals surface area contributed by atoms with E-state index in [1.807, 2.05) is 138 Å². The van der Waals surface area contributed by atoms with Gasteiger partial charge in [0.25, 0.3) is 0 Å². The van der Waals surface area contributed by atoms with E-state index in [2.05, 4.69) is 0 Å². The lowest BCUT2D eigenvalue weighted by molar-refractivity contribution is 1.50. The van der Waals surface area contributed by atoms with Crippen LogP contribution in [0.3, 0.4) is 0 Å². The minimum absolute atomic E-state index is 0. The molecular formula is C37H128. The molecule has 0 aliphatic rings. The van der Waals surface area contributed by atoms with E-state index in [9.17, 15) is 0 Å². The van der Waals surface area contributed by atoms with Crippen LogP contribution in [0.15, 0.2) is 0 Å². The fourth-order valence-corrected chi connectivity index (χ4v) is 0. The molecule has 0 atom stereocenters. The van der Waals surface area contributed by atoms with Crippen molar-refractivity contribution < 1.29 is 0 Å². The molecule has 0 heteroatoms. The van der Waals surface area contributed by atoms with Crippen LogP contribution in [-0.2, 0) is 0 Å². The Labute approximate surface area is 264 Å². The Morgan fingerprint density at radius 1 is 0.0811 bits per heavy atom. The lowest BCUT2D eigenvalue weighted by Crippen LogP contribution is -0.856. The maximum absolute atomic E-state index is 2.00. The average molecular weight is 573 g/mol. The van der Waals surface area contributed by atoms with E-state index in [0.29, 0.717) is 0 Å². The van der Waals surface area contributed by atoms with Crippen molar-refractivity contribution in [1.82, 2.24) is 0 Å². The highest BCUT2D eigenvalue weighted by Gasteiger charge is 0.950. The van der Waals surface area contributed by atoms with Crippen LogP contribution in [0.4, 0.5) is 0 Å². The van der Waals surface area contributed by atoms with Crippen molar-refractivity contribution in [3.63, 3.8) is 0 Å². The van der Waals surface area contributed by atoms with E-state index in [-0.39, 0.29) is 126 Å². The van der Waals surface area contributed by atoms with Gasteiger partial charge in [0.1, 0.15) is 0 Å². The summed E-state index contributed by atoms with van der Waals surface area (Å²) in [7, 11) is 0. The van der Waals surface area contributed by atoms with E-state index in [0.717, 1.165) is 0 Å². The maximum atomic E-state index is 2.00. The first-order chi connectivity index (χ1) is 10.0. The summed E-state index contributed by atoms with van der Waals surface area (Å²) in [5.41, 5.74) is 0. The fourth-order valence-electron chi connectivity index (χ4n) is 0. The summed E-state index contributed by atoms with van der Waals surface area (Å²) in [4.78, 5) is 0. The van der Waals surface area contributed by atoms with Gasteiger partial charge in [-0.1, -0.05) is 265 Å². The van der Waals surface area contributed by atoms with Crippen molar-refractivity contribution in [2.24, 2.45) is 0 Å². The highest BCUT2D eigenvalue weighted by Crippen LogP contribution is 1.16. The molecule has 0 aliphatic carbocycles. The van der Waals surface area contributed by atoms with Crippen LogP contribution in [0.5, 0.6) is 0 Å². The monoisotopic (exact) mass is 573 g/mol. The first-order valence-electron chi connectivity index (χ1n) is 10.0. The van der Waals surface area contributed by atoms with Crippen LogP contribution in [-0.4, -0.2) is 0 Å². The molecule has 0 radical (unpaired) electrons. The Hall–Kier alpha value is 0. The number of hydrogen-bond donors (Lipinski definition) is 0. The van der Waals surface area contributed by atoms with Crippen molar-refractivity contribution >= 4 is 0 Å². The Kier molecular flexibility index (Phi) is 0. The van der Waals surface area contributed by atoms with Gasteiger partial charge >= 0.3 is 0 Å². The second kappa shape index (κ2) is 0. The largest absolute Gasteiger partial charge is 0.0776 e. The zero-order chi connectivity index (χ0) is 20.0. The van der Waals surface area contributed by atoms with Gasteiger partial charge < -0.3 is 0 Å². The van der Waals surface area contributed by atoms with E-state index < -0.39 is 0 Å². The third-order valence-electron chi connectivity index (χ3n) is 0. The van der Waals surface area contributed by atoms with Gasteiger partial charge in [-0.3, -0.25) is 0 Å². The van der Waals surface area contributed by atoms with Crippen molar-refractivity contribution in [3.8, 4) is 0 Å². The highest BCUT2D eigenvalue weighted by atomic mass is 13.0. The molecule has 0 amide bonds. The van der Waals surface area contributed by atoms with Crippen LogP contribution in [0, 0.1) is 0 Å². The molecule has 276 valence electrons. The molecule has 37 heavy (non-hydrogen) atoms. The molecule has 0 nitrogen and oxygen atoms in total. The average Bonchev–Trinajstić information content (AvgIpc) is 2.71. The first-order valence-corrected chi connectivity index (χ1v) is 10.0. The second-order valence-corrected chi connectivity index (χ2v) is 0. The van der Waals surface area contributed by atoms with Crippen molar-refractivity contribution in [2.45, 2.75) is 265 Å². The minimum Gasteiger partial charge on any atom is -0.0776 e. The summed E-state index contributed by atoms with van der Waals surface area (Å²) >= 11 is 0. The molecule has 0 fully saturated rings. The van der Waals surface area contributed by atoms with Gasteiger partial charge in [-0.25, -0.2) is 0 Å². The van der Waals surface area contributed by atoms with Crippen LogP contribution in [0.2, 0.25) is 0 Å². The van der Waals surface area contributed by atoms with Gasteiger partial charge in [0.05, 0.1) is 0 Å². The molecule has 0 heterocycles. The number of rotatable bonds is 0. The third-order valence-corrected chi connectivity index (χ3v) is 0. The van der Waals surface area contributed by atoms with Gasteiger partial charge in [-0.15, -0.1) is 0 Å². The summed E-state index contributed by atoms with van der Waals surface area (Å²) in [5, 5.41) is 0. The highest BCUT2D eigenvalue weighted by molar-refractivity contribution is 3.52. The van der Waals surface area contributed by atoms with Crippen LogP contribution in [0.25, 0.3) is 0 Å². The Morgan fingerprint density at radius 3 is 0.0811 bits per heavy atom. The molecule has 0 bridgehead atoms. The van der Waals surface area contributed by atoms with Crippen molar-refractivity contribution in [2.75, 3.05) is 0 Å². The molecule has 0 aromatic carbocycles. The van der Waals surface area contributed by atoms with Crippen molar-refractivity contribution in [1.29, 1.82) is 0 Å². The summed E-state index contributed by atoms with van der Waals surface area (Å²) < 4.78 is 0. The van der Waals surface area contributed by atoms with Crippen LogP contribution < -0.4 is 0 Å². The van der Waals surface area contributed by atoms with E-state index >= 15 is 0 Å². The fraction of sp³-hybridized carbons (Fsp3) is 1.00. The SMILES string of the molecule is C.C.C.C.C.C.C.C.C.C.C.C.C.C.C.C.C.CC.CC.CC.CC.CC.CC.CC.CC.CC.CC. The molecule has 0 N–H and O–H groups in total. The predicted octanol–water partition coefficient (Wildman–Crippen LogP) is 21.1. The van der Waals surface area contributed by atoms with E-state index in [4.69, 9.17) is 0 Å². The van der Waals surface area contributed by atoms with Gasteiger partial charge in [0.15, 0.2) is 0 Å². The molecule has 0 aliphatic heterocycles. The molecule has 0 rings (SSSR count). The molecule has 0 aromatic heterocycles. The van der Waals surface area contributed by atoms with E-state index in [1.165, 1.54) is 0 Å². The summed E-state index contributed by atoms with van der Waals surface area (Å²) in [5.74, 6) is 0. The third kappa shape index (κ3) is 0. The maximum Gasteiger partial charge on any atom is -0.0683 e. The quantitative estimate of drug-likeness (QED) is 0.270. The normalized spacial score (nSPS) is 1.62. The molecule has 0 saturated heterocycles. The smallest absolute Gasteiger partial charge is 0.0683 e. The van der Waals surface area contributed by atoms with Crippen LogP contribution >= 0.6 is 0 Å². The standard InChI is InChI=1S/10C2H6.17CH4/c10*1-2;;;;;;;;;;;;;;;;;/h10*1-2H3;17*1H4. The summed E-state index contributed by atoms with van der Waals surface area (Å²) in [6.07, 6.45) is 0. The van der Waals surface area contributed by atoms with E-state index in [1.54, 1.807) is 0 Å². The predicted molar refractivity (Wildman–Crippen MR) is 228 cm³/mol. The molecule has 0 saturated carbocycles. The van der Waals surface area contributed by atoms with Crippen LogP contribution in [0.1, 0.15) is 265 Å². The Morgan fingerprint density at radius 2 is 0.0811 bits per heavy atom. The van der Waals surface area contributed by atoms with Gasteiger partial charge in [-0.2, -0.15) is 0 Å². The summed E-state index contributed by atoms with van der Waals surface area (Å²) in [6, 6.07) is 0. The minimum atomic E-state index is 0. The van der Waals surface area contributed by atoms with Crippen molar-refractivity contribution in [3.05, 3.63) is 0 Å². The molecular weight excluding hydrogens is 444 g/mol. The number of hydrogen-bond acceptors (Lipinski definition) is 0. The Bertz CT molecular complexity index is 0. The first kappa shape index (κ1) is 480. The topological polar surface area (TPSA) is 0 Å². The molecule has 0 aromatic rings. The molecule has 0 unspecified atom stereocenters. The van der Waals surface area contributed by atoms with Gasteiger partial charge in [-0.05, 0) is 0 Å². The zero-order valence-electron chi connectivity index (χ0n) is 20.0. The second-order valence-electron chi connectivity index (χ2n) is 0. The Balaban J connectivity index is -0.00000000114.